The van der Waals surface area contributed by atoms with E-state index in [4.69, 9.17) is 23.2 Å². The van der Waals surface area contributed by atoms with Gasteiger partial charge in [-0.25, -0.2) is 0 Å². The van der Waals surface area contributed by atoms with Crippen molar-refractivity contribution < 1.29 is 0 Å². The van der Waals surface area contributed by atoms with Gasteiger partial charge in [0.1, 0.15) is 0 Å². The van der Waals surface area contributed by atoms with Crippen molar-refractivity contribution >= 4 is 23.2 Å². The van der Waals surface area contributed by atoms with Crippen LogP contribution < -0.4 is 0 Å². The molecule has 0 N–H and O–H groups in total. The summed E-state index contributed by atoms with van der Waals surface area (Å²) in [6, 6.07) is 10.5. The fraction of sp³-hybridized carbons (Fsp3) is 0.333. The number of terminal acetylenes is 1. The molecular weight excluding hydrogens is 323 g/mol. The molecule has 0 saturated carbocycles. The van der Waals surface area contributed by atoms with Crippen LogP contribution in [0.4, 0.5) is 0 Å². The third-order valence-corrected chi connectivity index (χ3v) is 3.29. The molecule has 1 rings (SSSR count). The van der Waals surface area contributed by atoms with Crippen molar-refractivity contribution in [3.8, 4) is 12.3 Å². The van der Waals surface area contributed by atoms with E-state index < -0.39 is 0 Å². The molecule has 0 aliphatic carbocycles. The van der Waals surface area contributed by atoms with Gasteiger partial charge >= 0.3 is 0 Å². The van der Waals surface area contributed by atoms with Crippen molar-refractivity contribution in [2.75, 3.05) is 0 Å². The van der Waals surface area contributed by atoms with E-state index in [1.54, 1.807) is 19.1 Å². The van der Waals surface area contributed by atoms with Crippen molar-refractivity contribution in [3.63, 3.8) is 0 Å². The third kappa shape index (κ3) is 16.8. The summed E-state index contributed by atoms with van der Waals surface area (Å²) >= 11 is 11.6. The van der Waals surface area contributed by atoms with Crippen LogP contribution in [0.3, 0.4) is 0 Å². The van der Waals surface area contributed by atoms with Crippen LogP contribution in [0, 0.1) is 12.3 Å². The van der Waals surface area contributed by atoms with Crippen LogP contribution >= 0.6 is 23.2 Å². The molecule has 0 amide bonds. The molecule has 0 aliphatic heterocycles. The fourth-order valence-electron chi connectivity index (χ4n) is 1.31. The lowest BCUT2D eigenvalue weighted by Gasteiger charge is -1.94. The Hall–Kier alpha value is -1.42. The Kier molecular flexibility index (Phi) is 17.6. The molecule has 0 aromatic heterocycles. The molecule has 0 saturated heterocycles. The molecule has 0 atom stereocenters. The highest BCUT2D eigenvalue weighted by atomic mass is 35.5. The van der Waals surface area contributed by atoms with Gasteiger partial charge in [0.15, 0.2) is 0 Å². The molecule has 2 heteroatoms. The fourth-order valence-corrected chi connectivity index (χ4v) is 1.79. The number of hydrogen-bond donors (Lipinski definition) is 0. The maximum Gasteiger partial charge on any atom is 0.0420 e. The molecule has 0 heterocycles. The molecule has 126 valence electrons. The van der Waals surface area contributed by atoms with Crippen LogP contribution in [-0.4, -0.2) is 0 Å². The minimum absolute atomic E-state index is 0.667. The molecule has 0 fully saturated rings. The van der Waals surface area contributed by atoms with Crippen molar-refractivity contribution in [2.45, 2.75) is 47.5 Å². The molecule has 0 unspecified atom stereocenters. The summed E-state index contributed by atoms with van der Waals surface area (Å²) in [6.07, 6.45) is 12.2. The van der Waals surface area contributed by atoms with E-state index >= 15 is 0 Å². The summed E-state index contributed by atoms with van der Waals surface area (Å²) in [4.78, 5) is 0. The Bertz CT molecular complexity index is 529. The van der Waals surface area contributed by atoms with Gasteiger partial charge < -0.3 is 0 Å². The van der Waals surface area contributed by atoms with E-state index in [0.29, 0.717) is 10.1 Å². The number of rotatable bonds is 4. The average Bonchev–Trinajstić information content (AvgIpc) is 2.56. The SMILES string of the molecule is C#CC.CCc1ccccc1.C\C=C(Cl)/C=C(Cl)\C=C(/C)CC. The first-order valence-corrected chi connectivity index (χ1v) is 8.48. The predicted molar refractivity (Wildman–Crippen MR) is 108 cm³/mol. The molecule has 23 heavy (non-hydrogen) atoms. The lowest BCUT2D eigenvalue weighted by atomic mass is 10.2. The second kappa shape index (κ2) is 16.9. The first-order valence-electron chi connectivity index (χ1n) is 7.72. The van der Waals surface area contributed by atoms with E-state index in [1.165, 1.54) is 11.1 Å². The number of halogens is 2. The van der Waals surface area contributed by atoms with Crippen molar-refractivity contribution in [1.82, 2.24) is 0 Å². The number of hydrogen-bond acceptors (Lipinski definition) is 0. The monoisotopic (exact) mass is 350 g/mol. The van der Waals surface area contributed by atoms with Gasteiger partial charge in [0, 0.05) is 10.1 Å². The van der Waals surface area contributed by atoms with Crippen molar-refractivity contribution in [3.05, 3.63) is 69.8 Å². The lowest BCUT2D eigenvalue weighted by molar-refractivity contribution is 1.10. The van der Waals surface area contributed by atoms with E-state index in [-0.39, 0.29) is 0 Å². The molecule has 0 radical (unpaired) electrons. The molecule has 1 aromatic carbocycles. The lowest BCUT2D eigenvalue weighted by Crippen LogP contribution is -1.73. The molecule has 1 aromatic rings. The molecule has 0 bridgehead atoms. The van der Waals surface area contributed by atoms with Crippen molar-refractivity contribution in [2.24, 2.45) is 0 Å². The minimum atomic E-state index is 0.667. The zero-order valence-electron chi connectivity index (χ0n) is 14.9. The van der Waals surface area contributed by atoms with Gasteiger partial charge in [-0.05, 0) is 51.3 Å². The Morgan fingerprint density at radius 3 is 1.96 bits per heavy atom. The highest BCUT2D eigenvalue weighted by molar-refractivity contribution is 6.35. The zero-order valence-corrected chi connectivity index (χ0v) is 16.4. The maximum absolute atomic E-state index is 5.89. The largest absolute Gasteiger partial charge is 0.120 e. The van der Waals surface area contributed by atoms with Crippen LogP contribution in [0.25, 0.3) is 0 Å². The average molecular weight is 351 g/mol. The Morgan fingerprint density at radius 1 is 1.09 bits per heavy atom. The van der Waals surface area contributed by atoms with E-state index in [2.05, 4.69) is 50.5 Å². The second-order valence-corrected chi connectivity index (χ2v) is 5.55. The number of benzene rings is 1. The van der Waals surface area contributed by atoms with Crippen molar-refractivity contribution in [1.29, 1.82) is 0 Å². The molecular formula is C21H28Cl2. The van der Waals surface area contributed by atoms with E-state index in [1.807, 2.05) is 26.0 Å². The van der Waals surface area contributed by atoms with Gasteiger partial charge in [-0.2, -0.15) is 0 Å². The van der Waals surface area contributed by atoms with Crippen LogP contribution in [0.5, 0.6) is 0 Å². The number of allylic oxidation sites excluding steroid dienone is 6. The topological polar surface area (TPSA) is 0 Å². The molecule has 0 nitrogen and oxygen atoms in total. The third-order valence-electron chi connectivity index (χ3n) is 2.74. The van der Waals surface area contributed by atoms with E-state index in [9.17, 15) is 0 Å². The van der Waals surface area contributed by atoms with Gasteiger partial charge in [0.2, 0.25) is 0 Å². The van der Waals surface area contributed by atoms with Gasteiger partial charge in [-0.15, -0.1) is 12.3 Å². The van der Waals surface area contributed by atoms with Crippen LogP contribution in [0.2, 0.25) is 0 Å². The Balaban J connectivity index is 0. The minimum Gasteiger partial charge on any atom is -0.120 e. The quantitative estimate of drug-likeness (QED) is 0.389. The maximum atomic E-state index is 5.89. The van der Waals surface area contributed by atoms with Crippen LogP contribution in [0.15, 0.2) is 64.2 Å². The standard InChI is InChI=1S/C10H14Cl2.C8H10.C3H4/c1-4-8(3)6-10(12)7-9(11)5-2;1-2-8-6-4-3-5-7-8;1-3-2/h5-7H,4H2,1-3H3;3-7H,2H2,1H3;1H,2H3/b8-6+,9-5+,10-7+;;. The van der Waals surface area contributed by atoms with Gasteiger partial charge in [-0.3, -0.25) is 0 Å². The first-order chi connectivity index (χ1) is 10.9. The van der Waals surface area contributed by atoms with Gasteiger partial charge in [-0.1, -0.05) is 79.0 Å². The summed E-state index contributed by atoms with van der Waals surface area (Å²) in [5.74, 6) is 2.25. The summed E-state index contributed by atoms with van der Waals surface area (Å²) in [5, 5.41) is 1.35. The van der Waals surface area contributed by atoms with Crippen LogP contribution in [-0.2, 0) is 6.42 Å². The molecule has 0 aliphatic rings. The predicted octanol–water partition coefficient (Wildman–Crippen LogP) is 7.50. The van der Waals surface area contributed by atoms with Gasteiger partial charge in [0.05, 0.1) is 0 Å². The normalized spacial score (nSPS) is 11.5. The zero-order chi connectivity index (χ0) is 18.1. The summed E-state index contributed by atoms with van der Waals surface area (Å²) < 4.78 is 0. The second-order valence-electron chi connectivity index (χ2n) is 4.67. The van der Waals surface area contributed by atoms with Gasteiger partial charge in [0.25, 0.3) is 0 Å². The highest BCUT2D eigenvalue weighted by Gasteiger charge is 1.90. The Labute approximate surface area is 152 Å². The molecule has 0 spiro atoms. The van der Waals surface area contributed by atoms with Crippen LogP contribution in [0.1, 0.15) is 46.6 Å². The Morgan fingerprint density at radius 2 is 1.61 bits per heavy atom. The summed E-state index contributed by atoms with van der Waals surface area (Å²) in [7, 11) is 0. The number of aryl methyl sites for hydroxylation is 1. The van der Waals surface area contributed by atoms with E-state index in [0.717, 1.165) is 12.8 Å². The summed E-state index contributed by atoms with van der Waals surface area (Å²) in [6.45, 7) is 9.82. The highest BCUT2D eigenvalue weighted by Crippen LogP contribution is 2.14. The smallest absolute Gasteiger partial charge is 0.0420 e. The first kappa shape index (κ1) is 23.8. The summed E-state index contributed by atoms with van der Waals surface area (Å²) in [5.41, 5.74) is 2.66.